The van der Waals surface area contributed by atoms with E-state index in [1.54, 1.807) is 24.3 Å². The molecule has 2 aliphatic heterocycles. The minimum absolute atomic E-state index is 0.0819. The van der Waals surface area contributed by atoms with Gasteiger partial charge in [-0.3, -0.25) is 13.9 Å². The van der Waals surface area contributed by atoms with E-state index < -0.39 is 44.5 Å². The van der Waals surface area contributed by atoms with E-state index in [2.05, 4.69) is 4.98 Å². The molecular weight excluding hydrogens is 417 g/mol. The lowest BCUT2D eigenvalue weighted by Crippen LogP contribution is -2.39. The highest BCUT2D eigenvalue weighted by Crippen LogP contribution is 2.47. The van der Waals surface area contributed by atoms with Crippen molar-refractivity contribution in [2.75, 3.05) is 18.9 Å². The van der Waals surface area contributed by atoms with E-state index in [9.17, 15) is 14.4 Å². The van der Waals surface area contributed by atoms with Gasteiger partial charge in [0.05, 0.1) is 13.2 Å². The number of carbonyl (C=O) groups excluding carboxylic acids is 2. The Hall–Kier alpha value is -3.01. The summed E-state index contributed by atoms with van der Waals surface area (Å²) in [5.41, 5.74) is 5.25. The summed E-state index contributed by atoms with van der Waals surface area (Å²) in [5, 5.41) is 0. The highest BCUT2D eigenvalue weighted by molar-refractivity contribution is 7.43. The van der Waals surface area contributed by atoms with Gasteiger partial charge in [-0.25, -0.2) is 9.59 Å². The molecule has 0 spiro atoms. The molecular formula is C18H18N3O8P. The van der Waals surface area contributed by atoms with E-state index in [1.807, 2.05) is 0 Å². The Morgan fingerprint density at radius 2 is 2.10 bits per heavy atom. The van der Waals surface area contributed by atoms with E-state index in [4.69, 9.17) is 28.8 Å². The topological polar surface area (TPSA) is 141 Å². The fourth-order valence-electron chi connectivity index (χ4n) is 3.18. The molecule has 3 heterocycles. The molecule has 2 aliphatic rings. The lowest BCUT2D eigenvalue weighted by molar-refractivity contribution is -0.151. The number of anilines is 1. The molecule has 1 saturated heterocycles. The number of nitrogens with zero attached hydrogens (tertiary/aromatic N) is 2. The van der Waals surface area contributed by atoms with Crippen molar-refractivity contribution in [2.24, 2.45) is 0 Å². The Morgan fingerprint density at radius 1 is 1.30 bits per heavy atom. The molecule has 11 nitrogen and oxygen atoms in total. The average Bonchev–Trinajstić information content (AvgIpc) is 3.08. The van der Waals surface area contributed by atoms with Crippen LogP contribution < -0.4 is 15.9 Å². The van der Waals surface area contributed by atoms with E-state index in [0.29, 0.717) is 11.3 Å². The van der Waals surface area contributed by atoms with E-state index in [-0.39, 0.29) is 19.0 Å². The smallest absolute Gasteiger partial charge is 0.457 e. The van der Waals surface area contributed by atoms with Crippen molar-refractivity contribution in [3.8, 4) is 5.75 Å². The van der Waals surface area contributed by atoms with Crippen LogP contribution in [0.5, 0.6) is 5.75 Å². The van der Waals surface area contributed by atoms with Crippen molar-refractivity contribution in [2.45, 2.75) is 25.2 Å². The van der Waals surface area contributed by atoms with Crippen LogP contribution in [0.2, 0.25) is 0 Å². The molecule has 4 rings (SSSR count). The van der Waals surface area contributed by atoms with Crippen LogP contribution in [0.1, 0.15) is 23.3 Å². The van der Waals surface area contributed by atoms with Crippen LogP contribution in [0.25, 0.3) is 0 Å². The van der Waals surface area contributed by atoms with Gasteiger partial charge in [0.2, 0.25) is 0 Å². The minimum Gasteiger partial charge on any atom is -0.457 e. The Labute approximate surface area is 171 Å². The highest BCUT2D eigenvalue weighted by atomic mass is 31.2. The standard InChI is InChI=1S/C18H18N3O8P/c1-10(22)27-16-12(21-7-6-15(19)20-18(21)24)8-25-14(16)9-26-30-28-13-5-3-2-4-11(13)17(23)29-30/h2-7,12,14,16H,8-9H2,1H3,(H2,19,20,24)/t12-,14-,16+,30?/m0/s1. The van der Waals surface area contributed by atoms with Crippen molar-refractivity contribution in [1.82, 2.24) is 9.55 Å². The monoisotopic (exact) mass is 435 g/mol. The molecule has 1 unspecified atom stereocenters. The third-order valence-corrected chi connectivity index (χ3v) is 5.54. The van der Waals surface area contributed by atoms with Crippen molar-refractivity contribution in [1.29, 1.82) is 0 Å². The number of hydrogen-bond acceptors (Lipinski definition) is 10. The quantitative estimate of drug-likeness (QED) is 0.538. The SMILES string of the molecule is CC(=O)O[C@H]1[C@H](COP2OC(=O)c3ccccc3O2)OC[C@@H]1n1ccc(N)nc1=O. The summed E-state index contributed by atoms with van der Waals surface area (Å²) in [6.45, 7) is 1.25. The summed E-state index contributed by atoms with van der Waals surface area (Å²) in [6.07, 6.45) is -0.0791. The van der Waals surface area contributed by atoms with Crippen LogP contribution in [-0.2, 0) is 23.3 Å². The second kappa shape index (κ2) is 8.39. The van der Waals surface area contributed by atoms with E-state index in [1.165, 1.54) is 23.8 Å². The number of fused-ring (bicyclic) bond motifs is 1. The molecule has 0 aliphatic carbocycles. The third kappa shape index (κ3) is 4.13. The first-order valence-electron chi connectivity index (χ1n) is 8.98. The second-order valence-corrected chi connectivity index (χ2v) is 7.61. The highest BCUT2D eigenvalue weighted by Gasteiger charge is 2.43. The summed E-state index contributed by atoms with van der Waals surface area (Å²) >= 11 is 0. The fraction of sp³-hybridized carbons (Fsp3) is 0.333. The number of hydrogen-bond donors (Lipinski definition) is 1. The van der Waals surface area contributed by atoms with Crippen molar-refractivity contribution in [3.63, 3.8) is 0 Å². The van der Waals surface area contributed by atoms with Crippen LogP contribution >= 0.6 is 8.60 Å². The first kappa shape index (κ1) is 20.3. The van der Waals surface area contributed by atoms with Crippen LogP contribution in [-0.4, -0.2) is 46.9 Å². The maximum absolute atomic E-state index is 12.2. The largest absolute Gasteiger partial charge is 0.465 e. The molecule has 1 fully saturated rings. The number of carbonyl (C=O) groups is 2. The molecule has 2 aromatic rings. The number of ether oxygens (including phenoxy) is 2. The number of rotatable bonds is 5. The zero-order chi connectivity index (χ0) is 21.3. The Morgan fingerprint density at radius 3 is 2.87 bits per heavy atom. The molecule has 1 aromatic heterocycles. The van der Waals surface area contributed by atoms with Crippen LogP contribution in [0.3, 0.4) is 0 Å². The predicted molar refractivity (Wildman–Crippen MR) is 103 cm³/mol. The molecule has 2 N–H and O–H groups in total. The molecule has 158 valence electrons. The van der Waals surface area contributed by atoms with Gasteiger partial charge in [0.15, 0.2) is 6.10 Å². The van der Waals surface area contributed by atoms with Crippen LogP contribution in [0.15, 0.2) is 41.3 Å². The van der Waals surface area contributed by atoms with Gasteiger partial charge in [0.25, 0.3) is 0 Å². The molecule has 0 radical (unpaired) electrons. The van der Waals surface area contributed by atoms with Gasteiger partial charge < -0.3 is 24.3 Å². The average molecular weight is 435 g/mol. The molecule has 1 aromatic carbocycles. The number of aromatic nitrogens is 2. The third-order valence-electron chi connectivity index (χ3n) is 4.52. The molecule has 12 heteroatoms. The van der Waals surface area contributed by atoms with Crippen molar-refractivity contribution in [3.05, 3.63) is 52.6 Å². The zero-order valence-electron chi connectivity index (χ0n) is 15.8. The van der Waals surface area contributed by atoms with Crippen molar-refractivity contribution < 1.29 is 32.6 Å². The molecule has 0 amide bonds. The van der Waals surface area contributed by atoms with Gasteiger partial charge >= 0.3 is 26.2 Å². The normalized spacial score (nSPS) is 25.2. The van der Waals surface area contributed by atoms with Crippen LogP contribution in [0, 0.1) is 0 Å². The fourth-order valence-corrected chi connectivity index (χ4v) is 4.15. The molecule has 4 atom stereocenters. The predicted octanol–water partition coefficient (Wildman–Crippen LogP) is 1.19. The van der Waals surface area contributed by atoms with Crippen LogP contribution in [0.4, 0.5) is 5.82 Å². The van der Waals surface area contributed by atoms with E-state index in [0.717, 1.165) is 0 Å². The van der Waals surface area contributed by atoms with Gasteiger partial charge in [-0.05, 0) is 18.2 Å². The summed E-state index contributed by atoms with van der Waals surface area (Å²) in [4.78, 5) is 39.6. The lowest BCUT2D eigenvalue weighted by atomic mass is 10.1. The molecule has 0 bridgehead atoms. The maximum atomic E-state index is 12.2. The Balaban J connectivity index is 1.46. The Kier molecular flexibility index (Phi) is 5.67. The Bertz CT molecular complexity index is 1030. The number of nitrogens with two attached hydrogens (primary N) is 1. The zero-order valence-corrected chi connectivity index (χ0v) is 16.7. The van der Waals surface area contributed by atoms with Crippen molar-refractivity contribution >= 4 is 26.4 Å². The summed E-state index contributed by atoms with van der Waals surface area (Å²) in [5.74, 6) is -0.652. The number of benzene rings is 1. The number of nitrogen functional groups attached to an aromatic ring is 1. The summed E-state index contributed by atoms with van der Waals surface area (Å²) in [6, 6.07) is 7.49. The lowest BCUT2D eigenvalue weighted by Gasteiger charge is -2.26. The first-order chi connectivity index (χ1) is 14.4. The van der Waals surface area contributed by atoms with Gasteiger partial charge in [-0.1, -0.05) is 12.1 Å². The summed E-state index contributed by atoms with van der Waals surface area (Å²) in [7, 11) is -2.00. The maximum Gasteiger partial charge on any atom is 0.465 e. The van der Waals surface area contributed by atoms with Gasteiger partial charge in [-0.15, -0.1) is 0 Å². The van der Waals surface area contributed by atoms with Gasteiger partial charge in [0.1, 0.15) is 29.3 Å². The number of esters is 1. The van der Waals surface area contributed by atoms with Gasteiger partial charge in [-0.2, -0.15) is 4.98 Å². The second-order valence-electron chi connectivity index (χ2n) is 6.54. The minimum atomic E-state index is -2.00. The van der Waals surface area contributed by atoms with E-state index >= 15 is 0 Å². The summed E-state index contributed by atoms with van der Waals surface area (Å²) < 4.78 is 28.7. The molecule has 30 heavy (non-hydrogen) atoms. The van der Waals surface area contributed by atoms with Gasteiger partial charge in [0, 0.05) is 13.1 Å². The molecule has 0 saturated carbocycles. The first-order valence-corrected chi connectivity index (χ1v) is 10.1. The number of para-hydroxylation sites is 1.